The van der Waals surface area contributed by atoms with Crippen LogP contribution < -0.4 is 5.32 Å². The van der Waals surface area contributed by atoms with Gasteiger partial charge >= 0.3 is 5.97 Å². The first-order valence-electron chi connectivity index (χ1n) is 5.83. The molecule has 0 aromatic rings. The van der Waals surface area contributed by atoms with Crippen molar-refractivity contribution < 1.29 is 14.7 Å². The van der Waals surface area contributed by atoms with Gasteiger partial charge in [0.2, 0.25) is 5.91 Å². The number of amides is 1. The number of hydrogen-bond acceptors (Lipinski definition) is 2. The van der Waals surface area contributed by atoms with Crippen LogP contribution in [0.2, 0.25) is 0 Å². The number of nitrogens with one attached hydrogen (secondary N) is 1. The summed E-state index contributed by atoms with van der Waals surface area (Å²) in [7, 11) is 0. The Morgan fingerprint density at radius 3 is 2.31 bits per heavy atom. The average molecular weight is 227 g/mol. The van der Waals surface area contributed by atoms with Gasteiger partial charge in [-0.2, -0.15) is 0 Å². The van der Waals surface area contributed by atoms with E-state index < -0.39 is 17.4 Å². The standard InChI is InChI=1S/C12H21NO3/c1-12(2,3)10(11(15)16)13-9(14)7-6-8-4-5-8/h8,10H,4-7H2,1-3H3,(H,13,14)(H,15,16). The van der Waals surface area contributed by atoms with Gasteiger partial charge in [0.25, 0.3) is 0 Å². The van der Waals surface area contributed by atoms with E-state index in [0.29, 0.717) is 12.3 Å². The molecule has 4 nitrogen and oxygen atoms in total. The lowest BCUT2D eigenvalue weighted by Crippen LogP contribution is -2.49. The molecule has 0 spiro atoms. The molecule has 0 heterocycles. The molecule has 1 amide bonds. The van der Waals surface area contributed by atoms with Crippen molar-refractivity contribution in [3.8, 4) is 0 Å². The van der Waals surface area contributed by atoms with Gasteiger partial charge in [-0.3, -0.25) is 4.79 Å². The van der Waals surface area contributed by atoms with Crippen LogP contribution in [0.25, 0.3) is 0 Å². The predicted octanol–water partition coefficient (Wildman–Crippen LogP) is 1.79. The maximum atomic E-state index is 11.6. The molecule has 1 saturated carbocycles. The van der Waals surface area contributed by atoms with Crippen LogP contribution in [0.1, 0.15) is 46.5 Å². The van der Waals surface area contributed by atoms with Gasteiger partial charge in [0.05, 0.1) is 0 Å². The van der Waals surface area contributed by atoms with Crippen molar-refractivity contribution >= 4 is 11.9 Å². The molecule has 1 rings (SSSR count). The van der Waals surface area contributed by atoms with E-state index in [2.05, 4.69) is 5.32 Å². The Balaban J connectivity index is 2.40. The molecule has 1 atom stereocenters. The van der Waals surface area contributed by atoms with Gasteiger partial charge in [0.15, 0.2) is 0 Å². The Bertz CT molecular complexity index is 276. The zero-order valence-electron chi connectivity index (χ0n) is 10.2. The Morgan fingerprint density at radius 1 is 1.38 bits per heavy atom. The van der Waals surface area contributed by atoms with E-state index >= 15 is 0 Å². The summed E-state index contributed by atoms with van der Waals surface area (Å²) >= 11 is 0. The van der Waals surface area contributed by atoms with Gasteiger partial charge < -0.3 is 10.4 Å². The molecule has 1 fully saturated rings. The molecule has 2 N–H and O–H groups in total. The van der Waals surface area contributed by atoms with E-state index in [4.69, 9.17) is 5.11 Å². The fraction of sp³-hybridized carbons (Fsp3) is 0.833. The first-order chi connectivity index (χ1) is 7.30. The van der Waals surface area contributed by atoms with Gasteiger partial charge in [-0.1, -0.05) is 33.6 Å². The normalized spacial score (nSPS) is 17.9. The topological polar surface area (TPSA) is 66.4 Å². The van der Waals surface area contributed by atoms with Gasteiger partial charge in [-0.25, -0.2) is 4.79 Å². The summed E-state index contributed by atoms with van der Waals surface area (Å²) in [4.78, 5) is 22.6. The van der Waals surface area contributed by atoms with E-state index in [1.54, 1.807) is 0 Å². The number of rotatable bonds is 5. The fourth-order valence-corrected chi connectivity index (χ4v) is 1.62. The predicted molar refractivity (Wildman–Crippen MR) is 61.0 cm³/mol. The Morgan fingerprint density at radius 2 is 1.94 bits per heavy atom. The SMILES string of the molecule is CC(C)(C)C(NC(=O)CCC1CC1)C(=O)O. The van der Waals surface area contributed by atoms with Crippen molar-refractivity contribution in [1.29, 1.82) is 0 Å². The van der Waals surface area contributed by atoms with Gasteiger partial charge in [0, 0.05) is 6.42 Å². The van der Waals surface area contributed by atoms with Crippen molar-refractivity contribution in [2.24, 2.45) is 11.3 Å². The zero-order valence-corrected chi connectivity index (χ0v) is 10.2. The zero-order chi connectivity index (χ0) is 12.3. The number of carbonyl (C=O) groups excluding carboxylic acids is 1. The van der Waals surface area contributed by atoms with Crippen molar-refractivity contribution in [2.45, 2.75) is 52.5 Å². The average Bonchev–Trinajstić information content (AvgIpc) is 2.91. The minimum atomic E-state index is -0.965. The smallest absolute Gasteiger partial charge is 0.326 e. The molecule has 1 aliphatic rings. The van der Waals surface area contributed by atoms with E-state index in [1.807, 2.05) is 20.8 Å². The molecule has 1 aliphatic carbocycles. The summed E-state index contributed by atoms with van der Waals surface area (Å²) in [6.07, 6.45) is 3.77. The highest BCUT2D eigenvalue weighted by Crippen LogP contribution is 2.33. The van der Waals surface area contributed by atoms with Crippen molar-refractivity contribution in [2.75, 3.05) is 0 Å². The first kappa shape index (κ1) is 13.0. The van der Waals surface area contributed by atoms with Crippen molar-refractivity contribution in [1.82, 2.24) is 5.32 Å². The van der Waals surface area contributed by atoms with Crippen molar-refractivity contribution in [3.05, 3.63) is 0 Å². The number of carboxylic acids is 1. The molecule has 0 radical (unpaired) electrons. The number of carbonyl (C=O) groups is 2. The van der Waals surface area contributed by atoms with Gasteiger partial charge in [-0.15, -0.1) is 0 Å². The molecule has 16 heavy (non-hydrogen) atoms. The highest BCUT2D eigenvalue weighted by molar-refractivity contribution is 5.84. The minimum absolute atomic E-state index is 0.144. The molecule has 0 aliphatic heterocycles. The molecule has 0 aromatic heterocycles. The third kappa shape index (κ3) is 4.21. The fourth-order valence-electron chi connectivity index (χ4n) is 1.62. The third-order valence-corrected chi connectivity index (χ3v) is 2.89. The second kappa shape index (κ2) is 4.85. The van der Waals surface area contributed by atoms with Crippen LogP contribution in [0, 0.1) is 11.3 Å². The minimum Gasteiger partial charge on any atom is -0.480 e. The van der Waals surface area contributed by atoms with Gasteiger partial charge in [0.1, 0.15) is 6.04 Å². The molecule has 92 valence electrons. The lowest BCUT2D eigenvalue weighted by atomic mass is 9.86. The van der Waals surface area contributed by atoms with Crippen LogP contribution in [0.15, 0.2) is 0 Å². The van der Waals surface area contributed by atoms with Crippen LogP contribution in [-0.2, 0) is 9.59 Å². The summed E-state index contributed by atoms with van der Waals surface area (Å²) in [5, 5.41) is 11.6. The summed E-state index contributed by atoms with van der Waals surface area (Å²) < 4.78 is 0. The van der Waals surface area contributed by atoms with Crippen LogP contribution in [-0.4, -0.2) is 23.0 Å². The Labute approximate surface area is 96.4 Å². The van der Waals surface area contributed by atoms with E-state index in [-0.39, 0.29) is 5.91 Å². The van der Waals surface area contributed by atoms with E-state index in [9.17, 15) is 9.59 Å². The largest absolute Gasteiger partial charge is 0.480 e. The number of aliphatic carboxylic acids is 1. The molecule has 4 heteroatoms. The van der Waals surface area contributed by atoms with E-state index in [1.165, 1.54) is 12.8 Å². The van der Waals surface area contributed by atoms with Gasteiger partial charge in [-0.05, 0) is 17.8 Å². The first-order valence-corrected chi connectivity index (χ1v) is 5.83. The van der Waals surface area contributed by atoms with E-state index in [0.717, 1.165) is 6.42 Å². The third-order valence-electron chi connectivity index (χ3n) is 2.89. The van der Waals surface area contributed by atoms with Crippen LogP contribution in [0.4, 0.5) is 0 Å². The molecule has 0 bridgehead atoms. The summed E-state index contributed by atoms with van der Waals surface area (Å²) in [6.45, 7) is 5.44. The maximum absolute atomic E-state index is 11.6. The molecule has 0 saturated heterocycles. The second-order valence-electron chi connectivity index (χ2n) is 5.69. The molecule has 1 unspecified atom stereocenters. The lowest BCUT2D eigenvalue weighted by molar-refractivity contribution is -0.145. The summed E-state index contributed by atoms with van der Waals surface area (Å²) in [5.41, 5.74) is -0.457. The lowest BCUT2D eigenvalue weighted by Gasteiger charge is -2.27. The highest BCUT2D eigenvalue weighted by atomic mass is 16.4. The van der Waals surface area contributed by atoms with Crippen LogP contribution >= 0.6 is 0 Å². The van der Waals surface area contributed by atoms with Crippen LogP contribution in [0.3, 0.4) is 0 Å². The van der Waals surface area contributed by atoms with Crippen molar-refractivity contribution in [3.63, 3.8) is 0 Å². The van der Waals surface area contributed by atoms with Crippen LogP contribution in [0.5, 0.6) is 0 Å². The monoisotopic (exact) mass is 227 g/mol. The number of hydrogen-bond donors (Lipinski definition) is 2. The molecule has 0 aromatic carbocycles. The maximum Gasteiger partial charge on any atom is 0.326 e. The molecular weight excluding hydrogens is 206 g/mol. The molecular formula is C12H21NO3. The quantitative estimate of drug-likeness (QED) is 0.752. The number of carboxylic acid groups (broad SMARTS) is 1. The highest BCUT2D eigenvalue weighted by Gasteiger charge is 2.32. The Kier molecular flexibility index (Phi) is 3.94. The summed E-state index contributed by atoms with van der Waals surface area (Å²) in [5.74, 6) is -0.412. The summed E-state index contributed by atoms with van der Waals surface area (Å²) in [6, 6.07) is -0.806. The second-order valence-corrected chi connectivity index (χ2v) is 5.69. The Hall–Kier alpha value is -1.06.